The quantitative estimate of drug-likeness (QED) is 0.680. The number of nitrogens with zero attached hydrogens (tertiary/aromatic N) is 3. The van der Waals surface area contributed by atoms with Gasteiger partial charge in [-0.3, -0.25) is 0 Å². The second kappa shape index (κ2) is 2.81. The van der Waals surface area contributed by atoms with Gasteiger partial charge in [0.2, 0.25) is 0 Å². The summed E-state index contributed by atoms with van der Waals surface area (Å²) >= 11 is 0. The van der Waals surface area contributed by atoms with Gasteiger partial charge in [0, 0.05) is 6.54 Å². The maximum atomic E-state index is 5.51. The van der Waals surface area contributed by atoms with Gasteiger partial charge in [0.1, 0.15) is 5.82 Å². The highest BCUT2D eigenvalue weighted by molar-refractivity contribution is 5.44. The second-order valence-electron chi connectivity index (χ2n) is 3.81. The van der Waals surface area contributed by atoms with Gasteiger partial charge in [0.25, 0.3) is 0 Å². The Kier molecular flexibility index (Phi) is 1.61. The van der Waals surface area contributed by atoms with Gasteiger partial charge in [0.15, 0.2) is 5.82 Å². The molecule has 3 rings (SSSR count). The van der Waals surface area contributed by atoms with E-state index in [1.165, 1.54) is 0 Å². The van der Waals surface area contributed by atoms with E-state index >= 15 is 0 Å². The van der Waals surface area contributed by atoms with Crippen molar-refractivity contribution in [1.82, 2.24) is 10.2 Å². The molecule has 0 spiro atoms. The van der Waals surface area contributed by atoms with Crippen molar-refractivity contribution in [3.63, 3.8) is 0 Å². The molecular formula is C9H12N4O. The van der Waals surface area contributed by atoms with E-state index in [0.717, 1.165) is 25.4 Å². The Labute approximate surface area is 81.9 Å². The first kappa shape index (κ1) is 7.99. The highest BCUT2D eigenvalue weighted by Gasteiger charge is 2.39. The molecule has 1 aromatic rings. The van der Waals surface area contributed by atoms with Crippen LogP contribution in [0, 0.1) is 0 Å². The molecule has 5 heteroatoms. The van der Waals surface area contributed by atoms with E-state index in [4.69, 9.17) is 10.5 Å². The highest BCUT2D eigenvalue weighted by Crippen LogP contribution is 2.30. The first-order chi connectivity index (χ1) is 6.83. The van der Waals surface area contributed by atoms with Crippen LogP contribution in [0.3, 0.4) is 0 Å². The van der Waals surface area contributed by atoms with Crippen molar-refractivity contribution < 1.29 is 4.74 Å². The molecule has 2 N–H and O–H groups in total. The molecule has 1 aromatic heterocycles. The van der Waals surface area contributed by atoms with Gasteiger partial charge < -0.3 is 15.4 Å². The Morgan fingerprint density at radius 3 is 2.93 bits per heavy atom. The third-order valence-electron chi connectivity index (χ3n) is 2.87. The van der Waals surface area contributed by atoms with Crippen LogP contribution < -0.4 is 10.6 Å². The normalized spacial score (nSPS) is 29.9. The zero-order chi connectivity index (χ0) is 9.54. The van der Waals surface area contributed by atoms with Crippen LogP contribution in [0.15, 0.2) is 12.1 Å². The zero-order valence-corrected chi connectivity index (χ0v) is 7.76. The molecule has 2 fully saturated rings. The van der Waals surface area contributed by atoms with Crippen molar-refractivity contribution in [3.8, 4) is 0 Å². The summed E-state index contributed by atoms with van der Waals surface area (Å²) in [5.41, 5.74) is 5.48. The minimum atomic E-state index is 0.388. The monoisotopic (exact) mass is 192 g/mol. The molecule has 2 aliphatic heterocycles. The lowest BCUT2D eigenvalue weighted by atomic mass is 10.2. The fraction of sp³-hybridized carbons (Fsp3) is 0.556. The number of anilines is 2. The van der Waals surface area contributed by atoms with Crippen LogP contribution in [0.4, 0.5) is 11.6 Å². The average molecular weight is 192 g/mol. The van der Waals surface area contributed by atoms with E-state index in [-0.39, 0.29) is 0 Å². The maximum Gasteiger partial charge on any atom is 0.151 e. The summed E-state index contributed by atoms with van der Waals surface area (Å²) in [6, 6.07) is 4.19. The van der Waals surface area contributed by atoms with Gasteiger partial charge in [-0.15, -0.1) is 10.2 Å². The van der Waals surface area contributed by atoms with Crippen molar-refractivity contribution in [2.45, 2.75) is 18.6 Å². The molecule has 2 saturated heterocycles. The standard InChI is InChI=1S/C9H12N4O/c10-8-1-2-9(12-11-8)13-4-7-3-6(13)5-14-7/h1-2,6-7H,3-5H2,(H2,10,11). The van der Waals surface area contributed by atoms with Crippen LogP contribution in [0.25, 0.3) is 0 Å². The number of nitrogens with two attached hydrogens (primary N) is 1. The molecule has 2 unspecified atom stereocenters. The van der Waals surface area contributed by atoms with Crippen molar-refractivity contribution in [1.29, 1.82) is 0 Å². The Bertz CT molecular complexity index is 339. The number of hydrogen-bond donors (Lipinski definition) is 1. The van der Waals surface area contributed by atoms with E-state index in [1.54, 1.807) is 6.07 Å². The number of aromatic nitrogens is 2. The number of ether oxygens (including phenoxy) is 1. The Morgan fingerprint density at radius 1 is 1.43 bits per heavy atom. The lowest BCUT2D eigenvalue weighted by Gasteiger charge is -2.27. The van der Waals surface area contributed by atoms with Gasteiger partial charge in [-0.25, -0.2) is 0 Å². The summed E-state index contributed by atoms with van der Waals surface area (Å²) in [6.07, 6.45) is 1.51. The van der Waals surface area contributed by atoms with E-state index in [1.807, 2.05) is 6.07 Å². The molecule has 2 aliphatic rings. The molecule has 2 atom stereocenters. The third kappa shape index (κ3) is 1.13. The summed E-state index contributed by atoms with van der Waals surface area (Å²) in [4.78, 5) is 2.25. The maximum absolute atomic E-state index is 5.51. The minimum absolute atomic E-state index is 0.388. The van der Waals surface area contributed by atoms with Gasteiger partial charge in [0.05, 0.1) is 18.8 Å². The van der Waals surface area contributed by atoms with Crippen LogP contribution in [-0.2, 0) is 4.74 Å². The van der Waals surface area contributed by atoms with Crippen LogP contribution in [0.2, 0.25) is 0 Å². The highest BCUT2D eigenvalue weighted by atomic mass is 16.5. The molecule has 0 aliphatic carbocycles. The average Bonchev–Trinajstić information content (AvgIpc) is 2.80. The molecular weight excluding hydrogens is 180 g/mol. The molecule has 14 heavy (non-hydrogen) atoms. The minimum Gasteiger partial charge on any atom is -0.382 e. The van der Waals surface area contributed by atoms with Crippen LogP contribution in [-0.4, -0.2) is 35.5 Å². The topological polar surface area (TPSA) is 64.3 Å². The summed E-state index contributed by atoms with van der Waals surface area (Å²) in [7, 11) is 0. The molecule has 2 bridgehead atoms. The Morgan fingerprint density at radius 2 is 2.36 bits per heavy atom. The van der Waals surface area contributed by atoms with Crippen molar-refractivity contribution in [2.75, 3.05) is 23.8 Å². The van der Waals surface area contributed by atoms with E-state index in [2.05, 4.69) is 15.1 Å². The number of morpholine rings is 1. The molecule has 0 aromatic carbocycles. The van der Waals surface area contributed by atoms with Crippen molar-refractivity contribution in [2.24, 2.45) is 0 Å². The predicted molar refractivity (Wildman–Crippen MR) is 51.9 cm³/mol. The summed E-state index contributed by atoms with van der Waals surface area (Å²) in [5, 5.41) is 7.93. The summed E-state index contributed by atoms with van der Waals surface area (Å²) in [5.74, 6) is 1.38. The van der Waals surface area contributed by atoms with Gasteiger partial charge in [-0.05, 0) is 18.6 Å². The predicted octanol–water partition coefficient (Wildman–Crippen LogP) is 0.0363. The van der Waals surface area contributed by atoms with Gasteiger partial charge in [-0.1, -0.05) is 0 Å². The van der Waals surface area contributed by atoms with E-state index < -0.39 is 0 Å². The summed E-state index contributed by atoms with van der Waals surface area (Å²) < 4.78 is 5.51. The Hall–Kier alpha value is -1.36. The number of hydrogen-bond acceptors (Lipinski definition) is 5. The summed E-state index contributed by atoms with van der Waals surface area (Å²) in [6.45, 7) is 1.75. The van der Waals surface area contributed by atoms with Gasteiger partial charge >= 0.3 is 0 Å². The SMILES string of the molecule is Nc1ccc(N2CC3CC2CO3)nn1. The lowest BCUT2D eigenvalue weighted by Crippen LogP contribution is -2.37. The lowest BCUT2D eigenvalue weighted by molar-refractivity contribution is 0.0988. The molecule has 3 heterocycles. The molecule has 74 valence electrons. The number of rotatable bonds is 1. The largest absolute Gasteiger partial charge is 0.382 e. The first-order valence-corrected chi connectivity index (χ1v) is 4.80. The van der Waals surface area contributed by atoms with E-state index in [9.17, 15) is 0 Å². The fourth-order valence-corrected chi connectivity index (χ4v) is 2.17. The zero-order valence-electron chi connectivity index (χ0n) is 7.76. The molecule has 0 saturated carbocycles. The first-order valence-electron chi connectivity index (χ1n) is 4.80. The van der Waals surface area contributed by atoms with Crippen LogP contribution >= 0.6 is 0 Å². The van der Waals surface area contributed by atoms with Crippen molar-refractivity contribution in [3.05, 3.63) is 12.1 Å². The molecule has 0 amide bonds. The second-order valence-corrected chi connectivity index (χ2v) is 3.81. The molecule has 0 radical (unpaired) electrons. The third-order valence-corrected chi connectivity index (χ3v) is 2.87. The van der Waals surface area contributed by atoms with E-state index in [0.29, 0.717) is 18.0 Å². The molecule has 5 nitrogen and oxygen atoms in total. The van der Waals surface area contributed by atoms with Crippen molar-refractivity contribution >= 4 is 11.6 Å². The van der Waals surface area contributed by atoms with Crippen LogP contribution in [0.1, 0.15) is 6.42 Å². The Balaban J connectivity index is 1.86. The smallest absolute Gasteiger partial charge is 0.151 e. The number of nitrogen functional groups attached to an aromatic ring is 1. The van der Waals surface area contributed by atoms with Crippen LogP contribution in [0.5, 0.6) is 0 Å². The number of fused-ring (bicyclic) bond motifs is 2. The fourth-order valence-electron chi connectivity index (χ4n) is 2.17. The van der Waals surface area contributed by atoms with Gasteiger partial charge in [-0.2, -0.15) is 0 Å².